The van der Waals surface area contributed by atoms with Crippen molar-refractivity contribution in [2.45, 2.75) is 25.2 Å². The highest BCUT2D eigenvalue weighted by molar-refractivity contribution is 5.95. The first-order valence-electron chi connectivity index (χ1n) is 8.02. The number of amides is 1. The molecule has 1 aromatic heterocycles. The first kappa shape index (κ1) is 18.7. The number of hydrogen-bond donors (Lipinski definition) is 1. The van der Waals surface area contributed by atoms with Crippen LogP contribution in [0.3, 0.4) is 0 Å². The van der Waals surface area contributed by atoms with Gasteiger partial charge in [0, 0.05) is 19.0 Å². The predicted molar refractivity (Wildman–Crippen MR) is 87.2 cm³/mol. The van der Waals surface area contributed by atoms with E-state index in [1.165, 1.54) is 18.2 Å². The number of ether oxygens (including phenoxy) is 1. The van der Waals surface area contributed by atoms with Gasteiger partial charge in [0.25, 0.3) is 5.91 Å². The summed E-state index contributed by atoms with van der Waals surface area (Å²) >= 11 is 0. The number of aliphatic carboxylic acids is 1. The molecule has 1 N–H and O–H groups in total. The number of halogens is 3. The molecule has 142 valence electrons. The molecule has 2 heterocycles. The predicted octanol–water partition coefficient (Wildman–Crippen LogP) is 2.67. The third kappa shape index (κ3) is 4.36. The molecule has 0 aliphatic carbocycles. The van der Waals surface area contributed by atoms with Gasteiger partial charge in [0.15, 0.2) is 6.61 Å². The molecule has 9 heteroatoms. The zero-order valence-corrected chi connectivity index (χ0v) is 13.9. The molecule has 27 heavy (non-hydrogen) atoms. The molecule has 0 spiro atoms. The van der Waals surface area contributed by atoms with E-state index < -0.39 is 30.7 Å². The highest BCUT2D eigenvalue weighted by atomic mass is 19.4. The van der Waals surface area contributed by atoms with Crippen molar-refractivity contribution in [2.75, 3.05) is 6.61 Å². The van der Waals surface area contributed by atoms with Crippen molar-refractivity contribution in [1.82, 2.24) is 9.88 Å². The molecule has 2 aromatic rings. The number of carboxylic acids is 1. The number of hydrogen-bond acceptors (Lipinski definition) is 4. The molecule has 3 rings (SSSR count). The number of alkyl halides is 3. The number of carbonyl (C=O) groups excluding carboxylic acids is 1. The lowest BCUT2D eigenvalue weighted by atomic mass is 9.93. The number of rotatable bonds is 4. The second-order valence-electron chi connectivity index (χ2n) is 6.02. The van der Waals surface area contributed by atoms with Gasteiger partial charge >= 0.3 is 12.1 Å². The Kier molecular flexibility index (Phi) is 5.02. The van der Waals surface area contributed by atoms with Crippen LogP contribution in [-0.2, 0) is 17.8 Å². The number of fused-ring (bicyclic) bond motifs is 1. The summed E-state index contributed by atoms with van der Waals surface area (Å²) in [4.78, 5) is 29.4. The minimum absolute atomic E-state index is 0.0707. The van der Waals surface area contributed by atoms with E-state index in [1.807, 2.05) is 0 Å². The molecule has 0 saturated heterocycles. The van der Waals surface area contributed by atoms with Crippen molar-refractivity contribution >= 4 is 11.9 Å². The van der Waals surface area contributed by atoms with Gasteiger partial charge in [0.1, 0.15) is 11.7 Å². The molecule has 1 atom stereocenters. The van der Waals surface area contributed by atoms with Gasteiger partial charge in [-0.3, -0.25) is 4.79 Å². The quantitative estimate of drug-likeness (QED) is 0.882. The van der Waals surface area contributed by atoms with Crippen LogP contribution in [0.1, 0.15) is 21.6 Å². The molecular formula is C18H15F3N2O4. The molecule has 0 fully saturated rings. The fourth-order valence-electron chi connectivity index (χ4n) is 2.87. The number of pyridine rings is 1. The second kappa shape index (κ2) is 7.26. The maximum Gasteiger partial charge on any atom is 0.422 e. The fourth-order valence-corrected chi connectivity index (χ4v) is 2.87. The van der Waals surface area contributed by atoms with Crippen LogP contribution < -0.4 is 4.74 Å². The zero-order valence-electron chi connectivity index (χ0n) is 13.9. The number of benzene rings is 1. The smallest absolute Gasteiger partial charge is 0.422 e. The number of aromatic nitrogens is 1. The zero-order chi connectivity index (χ0) is 19.6. The van der Waals surface area contributed by atoms with Crippen LogP contribution in [0.2, 0.25) is 0 Å². The van der Waals surface area contributed by atoms with Crippen molar-refractivity contribution in [1.29, 1.82) is 0 Å². The molecule has 1 unspecified atom stereocenters. The highest BCUT2D eigenvalue weighted by Gasteiger charge is 2.35. The summed E-state index contributed by atoms with van der Waals surface area (Å²) in [5, 5.41) is 9.49. The van der Waals surface area contributed by atoms with Gasteiger partial charge in [0.05, 0.1) is 0 Å². The van der Waals surface area contributed by atoms with Gasteiger partial charge < -0.3 is 14.7 Å². The van der Waals surface area contributed by atoms with Crippen LogP contribution in [0.15, 0.2) is 42.5 Å². The van der Waals surface area contributed by atoms with E-state index in [-0.39, 0.29) is 24.5 Å². The van der Waals surface area contributed by atoms with E-state index >= 15 is 0 Å². The standard InChI is InChI=1S/C18H15F3N2O4/c19-18(20,21)10-27-15-7-3-6-13(22-15)16(24)23-9-12-5-2-1-4-11(12)8-14(23)17(25)26/h1-7,14H,8-10H2,(H,25,26). The number of carbonyl (C=O) groups is 2. The molecule has 0 saturated carbocycles. The van der Waals surface area contributed by atoms with Gasteiger partial charge in [0.2, 0.25) is 5.88 Å². The Morgan fingerprint density at radius 3 is 2.52 bits per heavy atom. The van der Waals surface area contributed by atoms with Gasteiger partial charge in [-0.25, -0.2) is 9.78 Å². The molecule has 1 amide bonds. The lowest BCUT2D eigenvalue weighted by molar-refractivity contribution is -0.154. The molecule has 1 aliphatic heterocycles. The Bertz CT molecular complexity index is 870. The van der Waals surface area contributed by atoms with E-state index in [2.05, 4.69) is 9.72 Å². The normalized spacial score (nSPS) is 16.6. The van der Waals surface area contributed by atoms with Crippen molar-refractivity contribution < 1.29 is 32.6 Å². The topological polar surface area (TPSA) is 79.7 Å². The summed E-state index contributed by atoms with van der Waals surface area (Å²) in [6.07, 6.45) is -4.39. The minimum atomic E-state index is -4.54. The Hall–Kier alpha value is -3.10. The van der Waals surface area contributed by atoms with Crippen molar-refractivity contribution in [3.63, 3.8) is 0 Å². The van der Waals surface area contributed by atoms with Crippen molar-refractivity contribution in [3.8, 4) is 5.88 Å². The van der Waals surface area contributed by atoms with E-state index in [4.69, 9.17) is 0 Å². The Morgan fingerprint density at radius 2 is 1.85 bits per heavy atom. The molecule has 0 radical (unpaired) electrons. The molecule has 1 aliphatic rings. The van der Waals surface area contributed by atoms with E-state index in [9.17, 15) is 27.9 Å². The Balaban J connectivity index is 1.84. The Morgan fingerprint density at radius 1 is 1.15 bits per heavy atom. The highest BCUT2D eigenvalue weighted by Crippen LogP contribution is 2.25. The van der Waals surface area contributed by atoms with Gasteiger partial charge in [-0.05, 0) is 17.2 Å². The van der Waals surface area contributed by atoms with Crippen LogP contribution >= 0.6 is 0 Å². The van der Waals surface area contributed by atoms with Crippen LogP contribution in [0.4, 0.5) is 13.2 Å². The van der Waals surface area contributed by atoms with Crippen LogP contribution in [-0.4, -0.2) is 45.7 Å². The lowest BCUT2D eigenvalue weighted by Crippen LogP contribution is -2.48. The van der Waals surface area contributed by atoms with E-state index in [0.717, 1.165) is 16.0 Å². The molecule has 6 nitrogen and oxygen atoms in total. The SMILES string of the molecule is O=C(O)C1Cc2ccccc2CN1C(=O)c1cccc(OCC(F)(F)F)n1. The fraction of sp³-hybridized carbons (Fsp3) is 0.278. The summed E-state index contributed by atoms with van der Waals surface area (Å²) in [6, 6.07) is 9.92. The number of nitrogens with zero attached hydrogens (tertiary/aromatic N) is 2. The maximum atomic E-state index is 12.8. The van der Waals surface area contributed by atoms with Gasteiger partial charge in [-0.15, -0.1) is 0 Å². The van der Waals surface area contributed by atoms with Gasteiger partial charge in [-0.2, -0.15) is 13.2 Å². The maximum absolute atomic E-state index is 12.8. The second-order valence-corrected chi connectivity index (χ2v) is 6.02. The lowest BCUT2D eigenvalue weighted by Gasteiger charge is -2.34. The first-order valence-corrected chi connectivity index (χ1v) is 8.02. The minimum Gasteiger partial charge on any atom is -0.480 e. The van der Waals surface area contributed by atoms with Crippen molar-refractivity contribution in [2.24, 2.45) is 0 Å². The first-order chi connectivity index (χ1) is 12.7. The van der Waals surface area contributed by atoms with Crippen LogP contribution in [0.25, 0.3) is 0 Å². The molecular weight excluding hydrogens is 365 g/mol. The van der Waals surface area contributed by atoms with E-state index in [1.54, 1.807) is 24.3 Å². The molecule has 1 aromatic carbocycles. The summed E-state index contributed by atoms with van der Waals surface area (Å²) in [5.74, 6) is -2.21. The monoisotopic (exact) mass is 380 g/mol. The van der Waals surface area contributed by atoms with Crippen LogP contribution in [0, 0.1) is 0 Å². The van der Waals surface area contributed by atoms with Gasteiger partial charge in [-0.1, -0.05) is 30.3 Å². The van der Waals surface area contributed by atoms with Crippen LogP contribution in [0.5, 0.6) is 5.88 Å². The third-order valence-corrected chi connectivity index (χ3v) is 4.12. The average Bonchev–Trinajstić information content (AvgIpc) is 2.64. The average molecular weight is 380 g/mol. The summed E-state index contributed by atoms with van der Waals surface area (Å²) in [7, 11) is 0. The van der Waals surface area contributed by atoms with Crippen molar-refractivity contribution in [3.05, 3.63) is 59.3 Å². The third-order valence-electron chi connectivity index (χ3n) is 4.12. The molecule has 0 bridgehead atoms. The van der Waals surface area contributed by atoms with E-state index in [0.29, 0.717) is 0 Å². The summed E-state index contributed by atoms with van der Waals surface area (Å²) < 4.78 is 41.4. The summed E-state index contributed by atoms with van der Waals surface area (Å²) in [5.41, 5.74) is 1.47. The Labute approximate surface area is 152 Å². The summed E-state index contributed by atoms with van der Waals surface area (Å²) in [6.45, 7) is -1.46. The largest absolute Gasteiger partial charge is 0.480 e. The number of carboxylic acid groups (broad SMARTS) is 1.